The van der Waals surface area contributed by atoms with E-state index < -0.39 is 0 Å². The SMILES string of the molecule is CCCCCNC(=O)C1CCN(C(C)C(=O)N2CC(C)CC(C)C2)CC1. The van der Waals surface area contributed by atoms with E-state index in [4.69, 9.17) is 0 Å². The van der Waals surface area contributed by atoms with E-state index in [1.54, 1.807) is 0 Å². The molecule has 2 rings (SSSR count). The molecule has 2 fully saturated rings. The molecule has 0 aromatic heterocycles. The summed E-state index contributed by atoms with van der Waals surface area (Å²) in [5.74, 6) is 1.78. The van der Waals surface area contributed by atoms with E-state index in [0.717, 1.165) is 52.0 Å². The van der Waals surface area contributed by atoms with Crippen molar-refractivity contribution >= 4 is 11.8 Å². The minimum absolute atomic E-state index is 0.0685. The Kier molecular flexibility index (Phi) is 8.39. The summed E-state index contributed by atoms with van der Waals surface area (Å²) in [4.78, 5) is 29.5. The van der Waals surface area contributed by atoms with Gasteiger partial charge >= 0.3 is 0 Å². The first-order chi connectivity index (χ1) is 12.4. The highest BCUT2D eigenvalue weighted by atomic mass is 16.2. The van der Waals surface area contributed by atoms with Gasteiger partial charge in [-0.3, -0.25) is 14.5 Å². The van der Waals surface area contributed by atoms with Crippen LogP contribution in [0.4, 0.5) is 0 Å². The Bertz CT molecular complexity index is 450. The fourth-order valence-corrected chi connectivity index (χ4v) is 4.54. The van der Waals surface area contributed by atoms with E-state index in [0.29, 0.717) is 11.8 Å². The number of unbranched alkanes of at least 4 members (excludes halogenated alkanes) is 2. The molecule has 0 aromatic rings. The Morgan fingerprint density at radius 3 is 2.27 bits per heavy atom. The lowest BCUT2D eigenvalue weighted by Gasteiger charge is -2.40. The lowest BCUT2D eigenvalue weighted by Crippen LogP contribution is -2.53. The van der Waals surface area contributed by atoms with Gasteiger partial charge in [-0.15, -0.1) is 0 Å². The molecular formula is C21H39N3O2. The van der Waals surface area contributed by atoms with Crippen molar-refractivity contribution < 1.29 is 9.59 Å². The van der Waals surface area contributed by atoms with Crippen molar-refractivity contribution in [1.82, 2.24) is 15.1 Å². The zero-order valence-electron chi connectivity index (χ0n) is 17.3. The van der Waals surface area contributed by atoms with Crippen molar-refractivity contribution in [3.05, 3.63) is 0 Å². The number of carbonyl (C=O) groups is 2. The average Bonchev–Trinajstić information content (AvgIpc) is 2.63. The minimum atomic E-state index is -0.0685. The van der Waals surface area contributed by atoms with E-state index in [2.05, 4.69) is 35.9 Å². The molecule has 2 heterocycles. The number of piperidine rings is 2. The van der Waals surface area contributed by atoms with Crippen molar-refractivity contribution in [2.45, 2.75) is 72.3 Å². The van der Waals surface area contributed by atoms with Gasteiger partial charge in [-0.2, -0.15) is 0 Å². The summed E-state index contributed by atoms with van der Waals surface area (Å²) in [6.07, 6.45) is 6.37. The third kappa shape index (κ3) is 5.97. The smallest absolute Gasteiger partial charge is 0.239 e. The topological polar surface area (TPSA) is 52.7 Å². The maximum atomic E-state index is 12.9. The van der Waals surface area contributed by atoms with Crippen LogP contribution in [0, 0.1) is 17.8 Å². The summed E-state index contributed by atoms with van der Waals surface area (Å²) >= 11 is 0. The number of carbonyl (C=O) groups excluding carboxylic acids is 2. The van der Waals surface area contributed by atoms with E-state index in [-0.39, 0.29) is 23.8 Å². The molecular weight excluding hydrogens is 326 g/mol. The molecule has 2 saturated heterocycles. The molecule has 0 saturated carbocycles. The summed E-state index contributed by atoms with van der Waals surface area (Å²) < 4.78 is 0. The molecule has 2 amide bonds. The number of likely N-dealkylation sites (tertiary alicyclic amines) is 2. The van der Waals surface area contributed by atoms with Gasteiger partial charge in [0.1, 0.15) is 0 Å². The van der Waals surface area contributed by atoms with E-state index in [1.807, 2.05) is 6.92 Å². The molecule has 0 aliphatic carbocycles. The Balaban J connectivity index is 1.76. The molecule has 0 radical (unpaired) electrons. The first-order valence-electron chi connectivity index (χ1n) is 10.7. The highest BCUT2D eigenvalue weighted by Gasteiger charge is 2.33. The quantitative estimate of drug-likeness (QED) is 0.706. The molecule has 0 spiro atoms. The van der Waals surface area contributed by atoms with Crippen molar-refractivity contribution in [3.8, 4) is 0 Å². The average molecular weight is 366 g/mol. The van der Waals surface area contributed by atoms with Crippen LogP contribution in [0.1, 0.15) is 66.2 Å². The van der Waals surface area contributed by atoms with Gasteiger partial charge in [0.05, 0.1) is 6.04 Å². The van der Waals surface area contributed by atoms with Crippen LogP contribution in [-0.2, 0) is 9.59 Å². The second kappa shape index (κ2) is 10.3. The van der Waals surface area contributed by atoms with Gasteiger partial charge < -0.3 is 10.2 Å². The van der Waals surface area contributed by atoms with Gasteiger partial charge in [-0.1, -0.05) is 33.6 Å². The summed E-state index contributed by atoms with van der Waals surface area (Å²) in [5, 5.41) is 3.08. The molecule has 150 valence electrons. The molecule has 1 N–H and O–H groups in total. The molecule has 5 heteroatoms. The largest absolute Gasteiger partial charge is 0.356 e. The first-order valence-corrected chi connectivity index (χ1v) is 10.7. The van der Waals surface area contributed by atoms with E-state index >= 15 is 0 Å². The molecule has 26 heavy (non-hydrogen) atoms. The second-order valence-electron chi connectivity index (χ2n) is 8.67. The summed E-state index contributed by atoms with van der Waals surface area (Å²) in [6.45, 7) is 13.0. The van der Waals surface area contributed by atoms with Crippen LogP contribution < -0.4 is 5.32 Å². The molecule has 0 aromatic carbocycles. The lowest BCUT2D eigenvalue weighted by molar-refractivity contribution is -0.140. The van der Waals surface area contributed by atoms with Crippen LogP contribution in [0.3, 0.4) is 0 Å². The molecule has 3 unspecified atom stereocenters. The Morgan fingerprint density at radius 2 is 1.69 bits per heavy atom. The monoisotopic (exact) mass is 365 g/mol. The number of nitrogens with one attached hydrogen (secondary N) is 1. The maximum Gasteiger partial charge on any atom is 0.239 e. The Hall–Kier alpha value is -1.10. The van der Waals surface area contributed by atoms with Gasteiger partial charge in [-0.05, 0) is 57.5 Å². The van der Waals surface area contributed by atoms with Crippen LogP contribution in [0.5, 0.6) is 0 Å². The van der Waals surface area contributed by atoms with Gasteiger partial charge in [0.2, 0.25) is 11.8 Å². The van der Waals surface area contributed by atoms with Crippen molar-refractivity contribution in [3.63, 3.8) is 0 Å². The Labute approximate surface area is 159 Å². The van der Waals surface area contributed by atoms with E-state index in [9.17, 15) is 9.59 Å². The standard InChI is InChI=1S/C21H39N3O2/c1-5-6-7-10-22-20(25)19-8-11-23(12-9-19)18(4)21(26)24-14-16(2)13-17(3)15-24/h16-19H,5-15H2,1-4H3,(H,22,25). The van der Waals surface area contributed by atoms with Crippen molar-refractivity contribution in [2.75, 3.05) is 32.7 Å². The van der Waals surface area contributed by atoms with Gasteiger partial charge in [0.15, 0.2) is 0 Å². The van der Waals surface area contributed by atoms with Crippen LogP contribution in [-0.4, -0.2) is 60.4 Å². The lowest BCUT2D eigenvalue weighted by atomic mass is 9.91. The summed E-state index contributed by atoms with van der Waals surface area (Å²) in [5.41, 5.74) is 0. The molecule has 2 aliphatic heterocycles. The second-order valence-corrected chi connectivity index (χ2v) is 8.67. The molecule has 2 aliphatic rings. The summed E-state index contributed by atoms with van der Waals surface area (Å²) in [6, 6.07) is -0.0685. The molecule has 5 nitrogen and oxygen atoms in total. The number of hydrogen-bond acceptors (Lipinski definition) is 3. The van der Waals surface area contributed by atoms with Gasteiger partial charge in [0.25, 0.3) is 0 Å². The predicted molar refractivity (Wildman–Crippen MR) is 106 cm³/mol. The normalized spacial score (nSPS) is 26.5. The third-order valence-corrected chi connectivity index (χ3v) is 6.07. The highest BCUT2D eigenvalue weighted by Crippen LogP contribution is 2.24. The maximum absolute atomic E-state index is 12.9. The number of nitrogens with zero attached hydrogens (tertiary/aromatic N) is 2. The minimum Gasteiger partial charge on any atom is -0.356 e. The molecule has 3 atom stereocenters. The first kappa shape index (κ1) is 21.2. The highest BCUT2D eigenvalue weighted by molar-refractivity contribution is 5.82. The Morgan fingerprint density at radius 1 is 1.08 bits per heavy atom. The van der Waals surface area contributed by atoms with Crippen molar-refractivity contribution in [1.29, 1.82) is 0 Å². The predicted octanol–water partition coefficient (Wildman–Crippen LogP) is 2.90. The number of amides is 2. The summed E-state index contributed by atoms with van der Waals surface area (Å²) in [7, 11) is 0. The van der Waals surface area contributed by atoms with Crippen LogP contribution >= 0.6 is 0 Å². The van der Waals surface area contributed by atoms with Crippen LogP contribution in [0.2, 0.25) is 0 Å². The van der Waals surface area contributed by atoms with Crippen molar-refractivity contribution in [2.24, 2.45) is 17.8 Å². The van der Waals surface area contributed by atoms with Gasteiger partial charge in [-0.25, -0.2) is 0 Å². The van der Waals surface area contributed by atoms with Gasteiger partial charge in [0, 0.05) is 25.6 Å². The fraction of sp³-hybridized carbons (Fsp3) is 0.905. The number of rotatable bonds is 7. The number of hydrogen-bond donors (Lipinski definition) is 1. The van der Waals surface area contributed by atoms with Crippen LogP contribution in [0.15, 0.2) is 0 Å². The third-order valence-electron chi connectivity index (χ3n) is 6.07. The zero-order valence-corrected chi connectivity index (χ0v) is 17.3. The van der Waals surface area contributed by atoms with Crippen LogP contribution in [0.25, 0.3) is 0 Å². The fourth-order valence-electron chi connectivity index (χ4n) is 4.54. The molecule has 0 bridgehead atoms. The van der Waals surface area contributed by atoms with E-state index in [1.165, 1.54) is 19.3 Å². The zero-order chi connectivity index (χ0) is 19.1.